The van der Waals surface area contributed by atoms with E-state index in [9.17, 15) is 9.18 Å². The van der Waals surface area contributed by atoms with Gasteiger partial charge in [0.05, 0.1) is 5.02 Å². The summed E-state index contributed by atoms with van der Waals surface area (Å²) in [7, 11) is 0. The number of alkyl halides is 1. The van der Waals surface area contributed by atoms with Gasteiger partial charge in [-0.05, 0) is 55.8 Å². The number of hydrogen-bond donors (Lipinski definition) is 0. The predicted octanol–water partition coefficient (Wildman–Crippen LogP) is 4.80. The zero-order valence-corrected chi connectivity index (χ0v) is 16.1. The molecular weight excluding hydrogens is 384 g/mol. The molecule has 0 aliphatic carbocycles. The van der Waals surface area contributed by atoms with Crippen LogP contribution in [0.25, 0.3) is 0 Å². The normalized spacial score (nSPS) is 26.9. The molecule has 0 saturated carbocycles. The van der Waals surface area contributed by atoms with Crippen molar-refractivity contribution in [2.45, 2.75) is 51.0 Å². The van der Waals surface area contributed by atoms with Crippen molar-refractivity contribution in [3.8, 4) is 0 Å². The molecule has 0 spiro atoms. The third kappa shape index (κ3) is 5.04. The van der Waals surface area contributed by atoms with Gasteiger partial charge in [-0.1, -0.05) is 18.5 Å². The smallest absolute Gasteiger partial charge is 0.253 e. The minimum atomic E-state index is -3.04. The topological polar surface area (TPSA) is 46.1 Å². The number of amides is 1. The van der Waals surface area contributed by atoms with Crippen LogP contribution < -0.4 is 0 Å². The highest BCUT2D eigenvalue weighted by Gasteiger charge is 2.35. The first kappa shape index (κ1) is 14.0. The highest BCUT2D eigenvalue weighted by atomic mass is 35.5. The van der Waals surface area contributed by atoms with Crippen molar-refractivity contribution in [2.24, 2.45) is 0 Å². The predicted molar refractivity (Wildman–Crippen MR) is 105 cm³/mol. The van der Waals surface area contributed by atoms with E-state index in [4.69, 9.17) is 19.8 Å². The summed E-state index contributed by atoms with van der Waals surface area (Å²) in [5, 5.41) is -0.336. The summed E-state index contributed by atoms with van der Waals surface area (Å²) in [5.41, 5.74) is -2.40. The highest BCUT2D eigenvalue weighted by Crippen LogP contribution is 2.32. The summed E-state index contributed by atoms with van der Waals surface area (Å²) in [6.07, 6.45) is -2.41. The van der Waals surface area contributed by atoms with Gasteiger partial charge in [0.25, 0.3) is 5.91 Å². The number of aromatic nitrogens is 2. The van der Waals surface area contributed by atoms with E-state index >= 15 is 4.39 Å². The Balaban J connectivity index is 1.72. The zero-order chi connectivity index (χ0) is 25.5. The monoisotopic (exact) mass is 413 g/mol. The number of carbonyl (C=O) groups is 1. The molecule has 1 amide bonds. The van der Waals surface area contributed by atoms with Gasteiger partial charge in [-0.3, -0.25) is 4.79 Å². The van der Waals surface area contributed by atoms with E-state index in [1.165, 1.54) is 19.3 Å². The summed E-state index contributed by atoms with van der Waals surface area (Å²) < 4.78 is 77.7. The number of likely N-dealkylation sites (tertiary alicyclic amines) is 1. The number of aryl methyl sites for hydroxylation is 2. The molecule has 1 saturated heterocycles. The van der Waals surface area contributed by atoms with E-state index in [1.54, 1.807) is 0 Å². The minimum Gasteiger partial charge on any atom is -0.338 e. The van der Waals surface area contributed by atoms with Gasteiger partial charge in [0.1, 0.15) is 17.3 Å². The number of halogens is 3. The first-order valence-corrected chi connectivity index (χ1v) is 9.25. The van der Waals surface area contributed by atoms with Crippen molar-refractivity contribution < 1.29 is 21.8 Å². The fourth-order valence-corrected chi connectivity index (χ4v) is 3.02. The average molecular weight is 414 g/mol. The van der Waals surface area contributed by atoms with Gasteiger partial charge in [0.2, 0.25) is 0 Å². The molecule has 1 fully saturated rings. The van der Waals surface area contributed by atoms with Crippen LogP contribution in [-0.2, 0) is 12.8 Å². The Labute approximate surface area is 177 Å². The van der Waals surface area contributed by atoms with Crippen LogP contribution in [0.3, 0.4) is 0 Å². The van der Waals surface area contributed by atoms with Gasteiger partial charge >= 0.3 is 0 Å². The summed E-state index contributed by atoms with van der Waals surface area (Å²) in [4.78, 5) is 21.6. The number of benzene rings is 1. The van der Waals surface area contributed by atoms with Crippen molar-refractivity contribution in [1.29, 1.82) is 0 Å². The lowest BCUT2D eigenvalue weighted by atomic mass is 9.88. The van der Waals surface area contributed by atoms with E-state index < -0.39 is 43.1 Å². The first-order chi connectivity index (χ1) is 15.6. The SMILES string of the molecule is [2H]C([2H])(C)c1cnc(CCCC2(F)CCN(C(=O)c3ccc(F)c(Cl)c3)C([2H])([2H])C2([2H])[2H])nc1. The molecule has 2 heterocycles. The summed E-state index contributed by atoms with van der Waals surface area (Å²) in [6, 6.07) is 3.09. The molecule has 28 heavy (non-hydrogen) atoms. The maximum Gasteiger partial charge on any atom is 0.253 e. The van der Waals surface area contributed by atoms with Gasteiger partial charge < -0.3 is 4.90 Å². The van der Waals surface area contributed by atoms with Crippen molar-refractivity contribution in [3.63, 3.8) is 0 Å². The van der Waals surface area contributed by atoms with E-state index in [1.807, 2.05) is 0 Å². The summed E-state index contributed by atoms with van der Waals surface area (Å²) in [6.45, 7) is -1.99. The molecular formula is C21H24ClF2N3O. The van der Waals surface area contributed by atoms with Gasteiger partial charge in [-0.2, -0.15) is 0 Å². The minimum absolute atomic E-state index is 0.117. The molecule has 3 rings (SSSR count). The van der Waals surface area contributed by atoms with Crippen LogP contribution in [-0.4, -0.2) is 39.5 Å². The first-order valence-electron chi connectivity index (χ1n) is 11.9. The molecule has 150 valence electrons. The molecule has 4 nitrogen and oxygen atoms in total. The lowest BCUT2D eigenvalue weighted by Gasteiger charge is -2.36. The highest BCUT2D eigenvalue weighted by molar-refractivity contribution is 6.31. The van der Waals surface area contributed by atoms with Crippen molar-refractivity contribution >= 4 is 17.5 Å². The molecule has 0 radical (unpaired) electrons. The average Bonchev–Trinajstić information content (AvgIpc) is 2.74. The van der Waals surface area contributed by atoms with Crippen LogP contribution in [0.1, 0.15) is 62.5 Å². The van der Waals surface area contributed by atoms with Crippen LogP contribution >= 0.6 is 11.6 Å². The van der Waals surface area contributed by atoms with Gasteiger partial charge in [-0.15, -0.1) is 0 Å². The number of piperidine rings is 1. The standard InChI is InChI=1S/C21H24ClF2N3O/c1-2-15-13-25-19(26-14-15)4-3-7-21(24)8-10-27(11-9-21)20(28)16-5-6-18(23)17(22)12-16/h5-6,12-14H,2-4,7-11H2,1H3/i2D2,8D2,10D2. The Morgan fingerprint density at radius 2 is 2.18 bits per heavy atom. The molecule has 0 bridgehead atoms. The molecule has 1 atom stereocenters. The van der Waals surface area contributed by atoms with E-state index in [-0.39, 0.29) is 36.4 Å². The molecule has 2 aromatic rings. The quantitative estimate of drug-likeness (QED) is 0.683. The van der Waals surface area contributed by atoms with E-state index in [0.29, 0.717) is 16.3 Å². The number of rotatable bonds is 6. The Kier molecular flexibility index (Phi) is 4.47. The Bertz CT molecular complexity index is 1070. The van der Waals surface area contributed by atoms with Crippen LogP contribution in [0.15, 0.2) is 30.6 Å². The lowest BCUT2D eigenvalue weighted by molar-refractivity contribution is 0.0389. The Hall–Kier alpha value is -2.08. The maximum absolute atomic E-state index is 15.8. The van der Waals surface area contributed by atoms with Crippen LogP contribution in [0.5, 0.6) is 0 Å². The second-order valence-corrected chi connectivity index (χ2v) is 6.94. The van der Waals surface area contributed by atoms with Crippen LogP contribution in [0, 0.1) is 5.82 Å². The van der Waals surface area contributed by atoms with Gasteiger partial charge in [-0.25, -0.2) is 18.7 Å². The molecule has 1 unspecified atom stereocenters. The second-order valence-electron chi connectivity index (χ2n) is 6.53. The van der Waals surface area contributed by atoms with Crippen molar-refractivity contribution in [1.82, 2.24) is 14.9 Å². The molecule has 1 aliphatic rings. The third-order valence-electron chi connectivity index (χ3n) is 4.53. The number of hydrogen-bond acceptors (Lipinski definition) is 3. The van der Waals surface area contributed by atoms with Crippen molar-refractivity contribution in [2.75, 3.05) is 13.0 Å². The third-order valence-corrected chi connectivity index (χ3v) is 4.82. The zero-order valence-electron chi connectivity index (χ0n) is 21.3. The summed E-state index contributed by atoms with van der Waals surface area (Å²) in [5.74, 6) is -1.34. The van der Waals surface area contributed by atoms with Gasteiger partial charge in [0, 0.05) is 45.6 Å². The fraction of sp³-hybridized carbons (Fsp3) is 0.476. The fourth-order valence-electron chi connectivity index (χ4n) is 2.84. The summed E-state index contributed by atoms with van der Waals surface area (Å²) >= 11 is 5.71. The maximum atomic E-state index is 15.8. The molecule has 7 heteroatoms. The largest absolute Gasteiger partial charge is 0.338 e. The number of carbonyl (C=O) groups excluding carboxylic acids is 1. The molecule has 0 N–H and O–H groups in total. The van der Waals surface area contributed by atoms with Crippen LogP contribution in [0.4, 0.5) is 8.78 Å². The Morgan fingerprint density at radius 3 is 2.86 bits per heavy atom. The van der Waals surface area contributed by atoms with E-state index in [0.717, 1.165) is 18.2 Å². The number of nitrogens with zero attached hydrogens (tertiary/aromatic N) is 3. The molecule has 1 aromatic heterocycles. The molecule has 1 aromatic carbocycles. The van der Waals surface area contributed by atoms with Crippen molar-refractivity contribution in [3.05, 3.63) is 58.4 Å². The van der Waals surface area contributed by atoms with Gasteiger partial charge in [0.15, 0.2) is 0 Å². The van der Waals surface area contributed by atoms with Crippen LogP contribution in [0.2, 0.25) is 5.02 Å². The Morgan fingerprint density at radius 1 is 1.43 bits per heavy atom. The van der Waals surface area contributed by atoms with E-state index in [2.05, 4.69) is 9.97 Å². The lowest BCUT2D eigenvalue weighted by Crippen LogP contribution is -2.44. The molecule has 1 aliphatic heterocycles. The second kappa shape index (κ2) is 8.95.